The number of anilines is 1. The Morgan fingerprint density at radius 1 is 1.24 bits per heavy atom. The largest absolute Gasteiger partial charge is 0.365 e. The summed E-state index contributed by atoms with van der Waals surface area (Å²) in [5.74, 6) is 0.176. The van der Waals surface area contributed by atoms with Crippen LogP contribution >= 0.6 is 0 Å². The fourth-order valence-corrected chi connectivity index (χ4v) is 2.70. The van der Waals surface area contributed by atoms with Gasteiger partial charge in [-0.15, -0.1) is 0 Å². The van der Waals surface area contributed by atoms with Crippen molar-refractivity contribution in [3.8, 4) is 0 Å². The lowest BCUT2D eigenvalue weighted by molar-refractivity contribution is -0.131. The van der Waals surface area contributed by atoms with E-state index in [-0.39, 0.29) is 18.4 Å². The van der Waals surface area contributed by atoms with Crippen molar-refractivity contribution in [2.24, 2.45) is 0 Å². The summed E-state index contributed by atoms with van der Waals surface area (Å²) in [7, 11) is 0. The van der Waals surface area contributed by atoms with E-state index in [9.17, 15) is 9.59 Å². The molecular formula is C18H20N4O3. The van der Waals surface area contributed by atoms with Gasteiger partial charge in [0.15, 0.2) is 6.10 Å². The summed E-state index contributed by atoms with van der Waals surface area (Å²) in [5.41, 5.74) is 1.78. The molecule has 2 aromatic rings. The molecule has 0 unspecified atom stereocenters. The van der Waals surface area contributed by atoms with Gasteiger partial charge in [0.05, 0.1) is 24.4 Å². The van der Waals surface area contributed by atoms with Gasteiger partial charge in [-0.3, -0.25) is 9.59 Å². The van der Waals surface area contributed by atoms with E-state index in [1.165, 1.54) is 6.20 Å². The third-order valence-electron chi connectivity index (χ3n) is 4.02. The summed E-state index contributed by atoms with van der Waals surface area (Å²) in [5, 5.41) is 2.80. The summed E-state index contributed by atoms with van der Waals surface area (Å²) in [6.07, 6.45) is 0.832. The molecule has 0 aliphatic carbocycles. The summed E-state index contributed by atoms with van der Waals surface area (Å²) < 4.78 is 5.54. The van der Waals surface area contributed by atoms with Gasteiger partial charge >= 0.3 is 0 Å². The van der Waals surface area contributed by atoms with E-state index >= 15 is 0 Å². The van der Waals surface area contributed by atoms with Crippen molar-refractivity contribution in [3.05, 3.63) is 53.6 Å². The van der Waals surface area contributed by atoms with Crippen molar-refractivity contribution in [2.45, 2.75) is 20.0 Å². The molecule has 0 radical (unpaired) electrons. The Hall–Kier alpha value is -2.80. The van der Waals surface area contributed by atoms with Crippen LogP contribution in [0.3, 0.4) is 0 Å². The SMILES string of the molecule is Cc1ncc(C(=O)N2CCO[C@@H](C(=O)Nc3ccccc3)C2)c(C)n1. The van der Waals surface area contributed by atoms with Crippen LogP contribution in [0.15, 0.2) is 36.5 Å². The Bertz CT molecular complexity index is 779. The third kappa shape index (κ3) is 4.00. The van der Waals surface area contributed by atoms with Crippen molar-refractivity contribution in [1.82, 2.24) is 14.9 Å². The van der Waals surface area contributed by atoms with Crippen LogP contribution in [0.5, 0.6) is 0 Å². The predicted octanol–water partition coefficient (Wildman–Crippen LogP) is 1.57. The Balaban J connectivity index is 1.68. The molecule has 1 fully saturated rings. The average molecular weight is 340 g/mol. The molecule has 1 saturated heterocycles. The molecule has 1 aromatic heterocycles. The molecule has 3 rings (SSSR count). The van der Waals surface area contributed by atoms with Crippen LogP contribution in [0.25, 0.3) is 0 Å². The lowest BCUT2D eigenvalue weighted by Gasteiger charge is -2.32. The Morgan fingerprint density at radius 2 is 2.00 bits per heavy atom. The molecule has 2 amide bonds. The molecule has 1 N–H and O–H groups in total. The number of nitrogens with zero attached hydrogens (tertiary/aromatic N) is 3. The molecule has 25 heavy (non-hydrogen) atoms. The van der Waals surface area contributed by atoms with Crippen molar-refractivity contribution >= 4 is 17.5 Å². The highest BCUT2D eigenvalue weighted by molar-refractivity contribution is 5.97. The molecule has 7 nitrogen and oxygen atoms in total. The summed E-state index contributed by atoms with van der Waals surface area (Å²) >= 11 is 0. The number of aryl methyl sites for hydroxylation is 2. The van der Waals surface area contributed by atoms with Gasteiger partial charge < -0.3 is 15.0 Å². The standard InChI is InChI=1S/C18H20N4O3/c1-12-15(10-19-13(2)20-12)18(24)22-8-9-25-16(11-22)17(23)21-14-6-4-3-5-7-14/h3-7,10,16H,8-9,11H2,1-2H3,(H,21,23)/t16-/m1/s1. The van der Waals surface area contributed by atoms with Gasteiger partial charge in [0, 0.05) is 18.4 Å². The second kappa shape index (κ2) is 7.40. The quantitative estimate of drug-likeness (QED) is 0.917. The van der Waals surface area contributed by atoms with Crippen LogP contribution in [0.1, 0.15) is 21.9 Å². The second-order valence-corrected chi connectivity index (χ2v) is 5.88. The molecule has 1 atom stereocenters. The zero-order valence-electron chi connectivity index (χ0n) is 14.2. The van der Waals surface area contributed by atoms with E-state index in [0.29, 0.717) is 35.9 Å². The topological polar surface area (TPSA) is 84.4 Å². The van der Waals surface area contributed by atoms with E-state index in [2.05, 4.69) is 15.3 Å². The molecule has 1 aromatic carbocycles. The maximum Gasteiger partial charge on any atom is 0.257 e. The van der Waals surface area contributed by atoms with Gasteiger partial charge in [-0.05, 0) is 26.0 Å². The average Bonchev–Trinajstić information content (AvgIpc) is 2.62. The molecule has 0 bridgehead atoms. The minimum absolute atomic E-state index is 0.182. The van der Waals surface area contributed by atoms with Gasteiger partial charge in [-0.1, -0.05) is 18.2 Å². The zero-order valence-corrected chi connectivity index (χ0v) is 14.2. The minimum atomic E-state index is -0.704. The van der Waals surface area contributed by atoms with Crippen molar-refractivity contribution < 1.29 is 14.3 Å². The summed E-state index contributed by atoms with van der Waals surface area (Å²) in [6, 6.07) is 9.16. The number of hydrogen-bond acceptors (Lipinski definition) is 5. The number of morpholine rings is 1. The number of hydrogen-bond donors (Lipinski definition) is 1. The van der Waals surface area contributed by atoms with E-state index in [1.54, 1.807) is 30.9 Å². The van der Waals surface area contributed by atoms with Crippen molar-refractivity contribution in [1.29, 1.82) is 0 Å². The first-order valence-corrected chi connectivity index (χ1v) is 8.11. The van der Waals surface area contributed by atoms with Crippen LogP contribution in [0.4, 0.5) is 5.69 Å². The first-order chi connectivity index (χ1) is 12.0. The van der Waals surface area contributed by atoms with Crippen LogP contribution < -0.4 is 5.32 Å². The summed E-state index contributed by atoms with van der Waals surface area (Å²) in [6.45, 7) is 4.50. The number of carbonyl (C=O) groups is 2. The molecule has 1 aliphatic rings. The van der Waals surface area contributed by atoms with E-state index in [0.717, 1.165) is 0 Å². The highest BCUT2D eigenvalue weighted by atomic mass is 16.5. The monoisotopic (exact) mass is 340 g/mol. The highest BCUT2D eigenvalue weighted by Gasteiger charge is 2.30. The lowest BCUT2D eigenvalue weighted by Crippen LogP contribution is -2.50. The number of para-hydroxylation sites is 1. The van der Waals surface area contributed by atoms with Crippen molar-refractivity contribution in [2.75, 3.05) is 25.0 Å². The fourth-order valence-electron chi connectivity index (χ4n) is 2.70. The highest BCUT2D eigenvalue weighted by Crippen LogP contribution is 2.14. The van der Waals surface area contributed by atoms with E-state index in [4.69, 9.17) is 4.74 Å². The third-order valence-corrected chi connectivity index (χ3v) is 4.02. The minimum Gasteiger partial charge on any atom is -0.365 e. The van der Waals surface area contributed by atoms with Gasteiger partial charge in [0.25, 0.3) is 11.8 Å². The maximum atomic E-state index is 12.7. The van der Waals surface area contributed by atoms with Crippen LogP contribution in [-0.2, 0) is 9.53 Å². The van der Waals surface area contributed by atoms with Gasteiger partial charge in [0.1, 0.15) is 5.82 Å². The van der Waals surface area contributed by atoms with Crippen LogP contribution in [-0.4, -0.2) is 52.5 Å². The Kier molecular flexibility index (Phi) is 5.04. The fraction of sp³-hybridized carbons (Fsp3) is 0.333. The smallest absolute Gasteiger partial charge is 0.257 e. The number of aromatic nitrogens is 2. The first-order valence-electron chi connectivity index (χ1n) is 8.11. The first kappa shape index (κ1) is 17.0. The number of ether oxygens (including phenoxy) is 1. The molecule has 130 valence electrons. The normalized spacial score (nSPS) is 17.2. The number of rotatable bonds is 3. The van der Waals surface area contributed by atoms with Crippen LogP contribution in [0.2, 0.25) is 0 Å². The zero-order chi connectivity index (χ0) is 17.8. The predicted molar refractivity (Wildman–Crippen MR) is 92.2 cm³/mol. The number of amides is 2. The van der Waals surface area contributed by atoms with Gasteiger partial charge in [0.2, 0.25) is 0 Å². The van der Waals surface area contributed by atoms with Gasteiger partial charge in [-0.25, -0.2) is 9.97 Å². The molecule has 7 heteroatoms. The lowest BCUT2D eigenvalue weighted by atomic mass is 10.1. The van der Waals surface area contributed by atoms with E-state index in [1.807, 2.05) is 18.2 Å². The van der Waals surface area contributed by atoms with Crippen molar-refractivity contribution in [3.63, 3.8) is 0 Å². The summed E-state index contributed by atoms with van der Waals surface area (Å²) in [4.78, 5) is 35.0. The number of nitrogens with one attached hydrogen (secondary N) is 1. The number of carbonyl (C=O) groups excluding carboxylic acids is 2. The molecular weight excluding hydrogens is 320 g/mol. The van der Waals surface area contributed by atoms with E-state index < -0.39 is 6.10 Å². The van der Waals surface area contributed by atoms with Gasteiger partial charge in [-0.2, -0.15) is 0 Å². The maximum absolute atomic E-state index is 12.7. The molecule has 1 aliphatic heterocycles. The van der Waals surface area contributed by atoms with Crippen LogP contribution in [0, 0.1) is 13.8 Å². The second-order valence-electron chi connectivity index (χ2n) is 5.88. The Morgan fingerprint density at radius 3 is 2.72 bits per heavy atom. The molecule has 0 spiro atoms. The Labute approximate surface area is 146 Å². The molecule has 2 heterocycles. The number of benzene rings is 1. The molecule has 0 saturated carbocycles.